The molecule has 1 fully saturated rings. The van der Waals surface area contributed by atoms with Crippen LogP contribution in [0.25, 0.3) is 0 Å². The van der Waals surface area contributed by atoms with E-state index in [1.54, 1.807) is 18.0 Å². The Bertz CT molecular complexity index is 396. The van der Waals surface area contributed by atoms with Gasteiger partial charge in [0.25, 0.3) is 0 Å². The molecule has 0 amide bonds. The summed E-state index contributed by atoms with van der Waals surface area (Å²) in [6.45, 7) is 3.46. The van der Waals surface area contributed by atoms with Crippen LogP contribution in [0.5, 0.6) is 0 Å². The molecule has 0 radical (unpaired) electrons. The van der Waals surface area contributed by atoms with Crippen LogP contribution in [-0.4, -0.2) is 41.3 Å². The number of hydrogen-bond donors (Lipinski definition) is 1. The Morgan fingerprint density at radius 2 is 2.53 bits per heavy atom. The summed E-state index contributed by atoms with van der Waals surface area (Å²) in [5, 5.41) is 15.3. The van der Waals surface area contributed by atoms with E-state index < -0.39 is 5.60 Å². The smallest absolute Gasteiger partial charge is 0.135 e. The van der Waals surface area contributed by atoms with Gasteiger partial charge in [0.05, 0.1) is 42.8 Å². The summed E-state index contributed by atoms with van der Waals surface area (Å²) in [6, 6.07) is 0. The molecule has 6 heteroatoms. The quantitative estimate of drug-likeness (QED) is 0.883. The van der Waals surface area contributed by atoms with Crippen molar-refractivity contribution < 1.29 is 14.6 Å². The number of nitrogens with zero attached hydrogens (tertiary/aromatic N) is 2. The number of rotatable bonds is 4. The fourth-order valence-electron chi connectivity index (χ4n) is 2.18. The second-order valence-corrected chi connectivity index (χ2v) is 4.65. The van der Waals surface area contributed by atoms with Gasteiger partial charge in [0.2, 0.25) is 0 Å². The van der Waals surface area contributed by atoms with E-state index in [-0.39, 0.29) is 6.10 Å². The van der Waals surface area contributed by atoms with E-state index in [4.69, 9.17) is 21.1 Å². The van der Waals surface area contributed by atoms with Gasteiger partial charge < -0.3 is 14.6 Å². The average molecular weight is 261 g/mol. The van der Waals surface area contributed by atoms with E-state index >= 15 is 0 Å². The fourth-order valence-corrected chi connectivity index (χ4v) is 2.49. The SMILES string of the molecule is COCCn1ncc(Cl)c1C1(O)CCOC1C. The molecule has 1 N–H and O–H groups in total. The monoisotopic (exact) mass is 260 g/mol. The van der Waals surface area contributed by atoms with Gasteiger partial charge in [-0.15, -0.1) is 0 Å². The zero-order valence-electron chi connectivity index (χ0n) is 10.0. The van der Waals surface area contributed by atoms with Crippen LogP contribution in [-0.2, 0) is 21.6 Å². The van der Waals surface area contributed by atoms with E-state index in [0.29, 0.717) is 36.9 Å². The predicted octanol–water partition coefficient (Wildman–Crippen LogP) is 1.18. The first-order valence-corrected chi connectivity index (χ1v) is 6.02. The van der Waals surface area contributed by atoms with E-state index in [0.717, 1.165) is 0 Å². The number of methoxy groups -OCH3 is 1. The standard InChI is InChI=1S/C11H17ClN2O3/c1-8-11(15,3-5-17-8)10-9(12)7-13-14(10)4-6-16-2/h7-8,15H,3-6H2,1-2H3. The number of aromatic nitrogens is 2. The molecule has 1 aromatic heterocycles. The topological polar surface area (TPSA) is 56.5 Å². The molecule has 0 aliphatic carbocycles. The molecule has 2 heterocycles. The van der Waals surface area contributed by atoms with Gasteiger partial charge >= 0.3 is 0 Å². The highest BCUT2D eigenvalue weighted by Crippen LogP contribution is 2.39. The zero-order chi connectivity index (χ0) is 12.5. The molecule has 0 saturated carbocycles. The van der Waals surface area contributed by atoms with Crippen LogP contribution in [0.15, 0.2) is 6.20 Å². The second-order valence-electron chi connectivity index (χ2n) is 4.24. The molecule has 1 aliphatic rings. The van der Waals surface area contributed by atoms with Crippen molar-refractivity contribution >= 4 is 11.6 Å². The fraction of sp³-hybridized carbons (Fsp3) is 0.727. The summed E-state index contributed by atoms with van der Waals surface area (Å²) >= 11 is 6.12. The third kappa shape index (κ3) is 2.20. The van der Waals surface area contributed by atoms with Crippen molar-refractivity contribution in [2.75, 3.05) is 20.3 Å². The molecular formula is C11H17ClN2O3. The van der Waals surface area contributed by atoms with Crippen LogP contribution in [0, 0.1) is 0 Å². The minimum Gasteiger partial charge on any atom is -0.383 e. The lowest BCUT2D eigenvalue weighted by atomic mass is 9.92. The normalized spacial score (nSPS) is 28.8. The first kappa shape index (κ1) is 12.8. The third-order valence-corrected chi connectivity index (χ3v) is 3.51. The summed E-state index contributed by atoms with van der Waals surface area (Å²) < 4.78 is 12.1. The van der Waals surface area contributed by atoms with Gasteiger partial charge in [-0.1, -0.05) is 11.6 Å². The van der Waals surface area contributed by atoms with Crippen molar-refractivity contribution in [3.63, 3.8) is 0 Å². The molecule has 1 aliphatic heterocycles. The Kier molecular flexibility index (Phi) is 3.73. The van der Waals surface area contributed by atoms with Crippen molar-refractivity contribution in [1.29, 1.82) is 0 Å². The lowest BCUT2D eigenvalue weighted by Crippen LogP contribution is -2.36. The molecule has 1 saturated heterocycles. The van der Waals surface area contributed by atoms with E-state index in [1.165, 1.54) is 0 Å². The molecule has 0 aromatic carbocycles. The molecule has 0 spiro atoms. The van der Waals surface area contributed by atoms with Gasteiger partial charge in [-0.25, -0.2) is 0 Å². The third-order valence-electron chi connectivity index (χ3n) is 3.24. The zero-order valence-corrected chi connectivity index (χ0v) is 10.8. The van der Waals surface area contributed by atoms with Crippen molar-refractivity contribution in [3.05, 3.63) is 16.9 Å². The Hall–Kier alpha value is -0.620. The molecule has 96 valence electrons. The molecule has 0 bridgehead atoms. The van der Waals surface area contributed by atoms with Crippen LogP contribution in [0.2, 0.25) is 5.02 Å². The molecule has 1 aromatic rings. The van der Waals surface area contributed by atoms with Crippen LogP contribution < -0.4 is 0 Å². The Labute approximate surface area is 105 Å². The van der Waals surface area contributed by atoms with Crippen molar-refractivity contribution in [2.24, 2.45) is 0 Å². The minimum atomic E-state index is -1.05. The molecule has 2 unspecified atom stereocenters. The summed E-state index contributed by atoms with van der Waals surface area (Å²) in [5.41, 5.74) is -0.428. The maximum Gasteiger partial charge on any atom is 0.135 e. The maximum absolute atomic E-state index is 10.7. The minimum absolute atomic E-state index is 0.280. The summed E-state index contributed by atoms with van der Waals surface area (Å²) in [7, 11) is 1.63. The Morgan fingerprint density at radius 1 is 1.76 bits per heavy atom. The Morgan fingerprint density at radius 3 is 3.12 bits per heavy atom. The van der Waals surface area contributed by atoms with Crippen molar-refractivity contribution in [1.82, 2.24) is 9.78 Å². The van der Waals surface area contributed by atoms with Crippen molar-refractivity contribution in [2.45, 2.75) is 31.6 Å². The number of aliphatic hydroxyl groups is 1. The maximum atomic E-state index is 10.7. The highest BCUT2D eigenvalue weighted by molar-refractivity contribution is 6.31. The predicted molar refractivity (Wildman–Crippen MR) is 63.0 cm³/mol. The summed E-state index contributed by atoms with van der Waals surface area (Å²) in [6.07, 6.45) is 1.81. The molecule has 5 nitrogen and oxygen atoms in total. The van der Waals surface area contributed by atoms with Gasteiger partial charge in [-0.3, -0.25) is 4.68 Å². The van der Waals surface area contributed by atoms with Crippen LogP contribution in [0.1, 0.15) is 19.0 Å². The van der Waals surface area contributed by atoms with Crippen LogP contribution in [0.3, 0.4) is 0 Å². The number of ether oxygens (including phenoxy) is 2. The van der Waals surface area contributed by atoms with Crippen molar-refractivity contribution in [3.8, 4) is 0 Å². The molecule has 2 rings (SSSR count). The summed E-state index contributed by atoms with van der Waals surface area (Å²) in [5.74, 6) is 0. The van der Waals surface area contributed by atoms with Gasteiger partial charge in [-0.05, 0) is 6.92 Å². The second kappa shape index (κ2) is 4.94. The van der Waals surface area contributed by atoms with Crippen LogP contribution >= 0.6 is 11.6 Å². The van der Waals surface area contributed by atoms with E-state index in [1.807, 2.05) is 6.92 Å². The lowest BCUT2D eigenvalue weighted by Gasteiger charge is -2.27. The number of halogens is 1. The van der Waals surface area contributed by atoms with Crippen LogP contribution in [0.4, 0.5) is 0 Å². The average Bonchev–Trinajstić information content (AvgIpc) is 2.82. The summed E-state index contributed by atoms with van der Waals surface area (Å²) in [4.78, 5) is 0. The molecule has 17 heavy (non-hydrogen) atoms. The highest BCUT2D eigenvalue weighted by atomic mass is 35.5. The molecule has 2 atom stereocenters. The number of hydrogen-bond acceptors (Lipinski definition) is 4. The van der Waals surface area contributed by atoms with Gasteiger partial charge in [-0.2, -0.15) is 5.10 Å². The van der Waals surface area contributed by atoms with E-state index in [2.05, 4.69) is 5.10 Å². The lowest BCUT2D eigenvalue weighted by molar-refractivity contribution is -0.0382. The van der Waals surface area contributed by atoms with Gasteiger partial charge in [0.15, 0.2) is 0 Å². The van der Waals surface area contributed by atoms with Gasteiger partial charge in [0, 0.05) is 13.5 Å². The Balaban J connectivity index is 2.33. The largest absolute Gasteiger partial charge is 0.383 e. The van der Waals surface area contributed by atoms with Gasteiger partial charge in [0.1, 0.15) is 5.60 Å². The van der Waals surface area contributed by atoms with E-state index in [9.17, 15) is 5.11 Å². The first-order chi connectivity index (χ1) is 8.09. The molecular weight excluding hydrogens is 244 g/mol. The highest BCUT2D eigenvalue weighted by Gasteiger charge is 2.45. The first-order valence-electron chi connectivity index (χ1n) is 5.64.